The molecule has 1 heterocycles. The lowest BCUT2D eigenvalue weighted by molar-refractivity contribution is -0.129. The largest absolute Gasteiger partial charge is 0.341 e. The van der Waals surface area contributed by atoms with Gasteiger partial charge in [0, 0.05) is 29.6 Å². The Kier molecular flexibility index (Phi) is 5.71. The molecule has 1 unspecified atom stereocenters. The summed E-state index contributed by atoms with van der Waals surface area (Å²) in [5, 5.41) is 0.643. The van der Waals surface area contributed by atoms with Gasteiger partial charge in [-0.3, -0.25) is 9.59 Å². The van der Waals surface area contributed by atoms with E-state index in [9.17, 15) is 9.59 Å². The van der Waals surface area contributed by atoms with Crippen molar-refractivity contribution in [2.75, 3.05) is 25.1 Å². The Morgan fingerprint density at radius 1 is 1.43 bits per heavy atom. The lowest BCUT2D eigenvalue weighted by atomic mass is 9.88. The summed E-state index contributed by atoms with van der Waals surface area (Å²) in [5.41, 5.74) is 1.63. The number of piperidine rings is 1. The Bertz CT molecular complexity index is 547. The number of hydrogen-bond acceptors (Lipinski definition) is 3. The highest BCUT2D eigenvalue weighted by atomic mass is 35.5. The molecule has 21 heavy (non-hydrogen) atoms. The van der Waals surface area contributed by atoms with Crippen LogP contribution in [0.3, 0.4) is 0 Å². The number of nitrogens with zero attached hydrogens (tertiary/aromatic N) is 1. The number of benzene rings is 1. The van der Waals surface area contributed by atoms with Crippen molar-refractivity contribution in [3.8, 4) is 0 Å². The molecule has 2 rings (SSSR count). The maximum atomic E-state index is 12.7. The van der Waals surface area contributed by atoms with Crippen LogP contribution in [-0.2, 0) is 4.79 Å². The van der Waals surface area contributed by atoms with E-state index in [0.29, 0.717) is 17.3 Å². The zero-order valence-electron chi connectivity index (χ0n) is 12.4. The first-order valence-electron chi connectivity index (χ1n) is 7.10. The third kappa shape index (κ3) is 4.01. The SMILES string of the molecule is CSCC(=O)N1CCCC(C(=O)c2ccc(Cl)cc2C)C1. The topological polar surface area (TPSA) is 37.4 Å². The smallest absolute Gasteiger partial charge is 0.232 e. The van der Waals surface area contributed by atoms with Gasteiger partial charge in [0.25, 0.3) is 0 Å². The van der Waals surface area contributed by atoms with Crippen molar-refractivity contribution >= 4 is 35.1 Å². The van der Waals surface area contributed by atoms with Gasteiger partial charge in [0.1, 0.15) is 0 Å². The highest BCUT2D eigenvalue weighted by Crippen LogP contribution is 2.24. The van der Waals surface area contributed by atoms with E-state index in [2.05, 4.69) is 0 Å². The third-order valence-electron chi connectivity index (χ3n) is 3.87. The second kappa shape index (κ2) is 7.32. The van der Waals surface area contributed by atoms with Gasteiger partial charge in [0.05, 0.1) is 5.75 Å². The van der Waals surface area contributed by atoms with Crippen molar-refractivity contribution in [1.29, 1.82) is 0 Å². The predicted molar refractivity (Wildman–Crippen MR) is 88.2 cm³/mol. The van der Waals surface area contributed by atoms with Crippen LogP contribution in [0.1, 0.15) is 28.8 Å². The minimum Gasteiger partial charge on any atom is -0.341 e. The number of Topliss-reactive ketones (excluding diaryl/α,β-unsaturated/α-hetero) is 1. The first-order chi connectivity index (χ1) is 10.0. The fourth-order valence-corrected chi connectivity index (χ4v) is 3.41. The molecule has 1 amide bonds. The number of halogens is 1. The molecule has 1 saturated heterocycles. The van der Waals surface area contributed by atoms with Crippen LogP contribution in [-0.4, -0.2) is 41.7 Å². The van der Waals surface area contributed by atoms with Gasteiger partial charge in [-0.2, -0.15) is 11.8 Å². The molecule has 1 aliphatic rings. The number of carbonyl (C=O) groups is 2. The molecule has 1 aromatic rings. The molecule has 0 aromatic heterocycles. The van der Waals surface area contributed by atoms with E-state index in [1.54, 1.807) is 12.1 Å². The van der Waals surface area contributed by atoms with Crippen LogP contribution < -0.4 is 0 Å². The maximum Gasteiger partial charge on any atom is 0.232 e. The molecule has 3 nitrogen and oxygen atoms in total. The summed E-state index contributed by atoms with van der Waals surface area (Å²) >= 11 is 7.46. The number of ketones is 1. The number of carbonyl (C=O) groups excluding carboxylic acids is 2. The molecular weight excluding hydrogens is 306 g/mol. The molecule has 0 saturated carbocycles. The van der Waals surface area contributed by atoms with Crippen LogP contribution in [0.2, 0.25) is 5.02 Å². The predicted octanol–water partition coefficient (Wildman–Crippen LogP) is 3.43. The Hall–Kier alpha value is -1.00. The van der Waals surface area contributed by atoms with Crippen LogP contribution in [0.4, 0.5) is 0 Å². The van der Waals surface area contributed by atoms with Gasteiger partial charge in [-0.25, -0.2) is 0 Å². The number of likely N-dealkylation sites (tertiary alicyclic amines) is 1. The lowest BCUT2D eigenvalue weighted by Gasteiger charge is -2.32. The molecule has 0 aliphatic carbocycles. The van der Waals surface area contributed by atoms with Crippen LogP contribution in [0, 0.1) is 12.8 Å². The Morgan fingerprint density at radius 2 is 2.19 bits per heavy atom. The first-order valence-corrected chi connectivity index (χ1v) is 8.87. The number of amides is 1. The molecular formula is C16H20ClNO2S. The average Bonchev–Trinajstić information content (AvgIpc) is 2.47. The van der Waals surface area contributed by atoms with Gasteiger partial charge in [-0.15, -0.1) is 0 Å². The number of hydrogen-bond donors (Lipinski definition) is 0. The fraction of sp³-hybridized carbons (Fsp3) is 0.500. The number of thioether (sulfide) groups is 1. The van der Waals surface area contributed by atoms with Crippen molar-refractivity contribution in [2.45, 2.75) is 19.8 Å². The van der Waals surface area contributed by atoms with E-state index < -0.39 is 0 Å². The summed E-state index contributed by atoms with van der Waals surface area (Å²) in [6, 6.07) is 5.36. The van der Waals surface area contributed by atoms with E-state index in [1.807, 2.05) is 24.1 Å². The Balaban J connectivity index is 2.10. The second-order valence-electron chi connectivity index (χ2n) is 5.44. The van der Waals surface area contributed by atoms with Gasteiger partial charge < -0.3 is 4.90 Å². The van der Waals surface area contributed by atoms with Crippen LogP contribution in [0.5, 0.6) is 0 Å². The highest BCUT2D eigenvalue weighted by molar-refractivity contribution is 7.99. The van der Waals surface area contributed by atoms with Crippen LogP contribution in [0.15, 0.2) is 18.2 Å². The molecule has 0 bridgehead atoms. The summed E-state index contributed by atoms with van der Waals surface area (Å²) in [4.78, 5) is 26.5. The van der Waals surface area contributed by atoms with Gasteiger partial charge in [-0.1, -0.05) is 11.6 Å². The third-order valence-corrected chi connectivity index (χ3v) is 4.64. The number of aryl methyl sites for hydroxylation is 1. The summed E-state index contributed by atoms with van der Waals surface area (Å²) in [7, 11) is 0. The summed E-state index contributed by atoms with van der Waals surface area (Å²) in [6.07, 6.45) is 3.66. The van der Waals surface area contributed by atoms with Gasteiger partial charge >= 0.3 is 0 Å². The zero-order valence-corrected chi connectivity index (χ0v) is 14.0. The normalized spacial score (nSPS) is 18.6. The molecule has 5 heteroatoms. The van der Waals surface area contributed by atoms with Crippen molar-refractivity contribution in [2.24, 2.45) is 5.92 Å². The van der Waals surface area contributed by atoms with Gasteiger partial charge in [-0.05, 0) is 49.8 Å². The highest BCUT2D eigenvalue weighted by Gasteiger charge is 2.29. The Labute approximate surface area is 135 Å². The molecule has 1 fully saturated rings. The molecule has 1 aromatic carbocycles. The maximum absolute atomic E-state index is 12.7. The van der Waals surface area contributed by atoms with E-state index >= 15 is 0 Å². The average molecular weight is 326 g/mol. The first kappa shape index (κ1) is 16.4. The second-order valence-corrected chi connectivity index (χ2v) is 6.74. The van der Waals surface area contributed by atoms with E-state index in [-0.39, 0.29) is 17.6 Å². The van der Waals surface area contributed by atoms with E-state index in [0.717, 1.165) is 30.5 Å². The molecule has 0 radical (unpaired) electrons. The van der Waals surface area contributed by atoms with Gasteiger partial charge in [0.2, 0.25) is 5.91 Å². The summed E-state index contributed by atoms with van der Waals surface area (Å²) in [6.45, 7) is 3.21. The van der Waals surface area contributed by atoms with Crippen molar-refractivity contribution in [1.82, 2.24) is 4.90 Å². The molecule has 1 atom stereocenters. The molecule has 1 aliphatic heterocycles. The minimum absolute atomic E-state index is 0.0931. The minimum atomic E-state index is -0.0931. The quantitative estimate of drug-likeness (QED) is 0.796. The van der Waals surface area contributed by atoms with Crippen molar-refractivity contribution in [3.63, 3.8) is 0 Å². The number of rotatable bonds is 4. The Morgan fingerprint density at radius 3 is 2.86 bits per heavy atom. The van der Waals surface area contributed by atoms with E-state index in [4.69, 9.17) is 11.6 Å². The lowest BCUT2D eigenvalue weighted by Crippen LogP contribution is -2.43. The summed E-state index contributed by atoms with van der Waals surface area (Å²) in [5.74, 6) is 0.657. The van der Waals surface area contributed by atoms with Crippen LogP contribution in [0.25, 0.3) is 0 Å². The molecule has 0 N–H and O–H groups in total. The van der Waals surface area contributed by atoms with Crippen LogP contribution >= 0.6 is 23.4 Å². The monoisotopic (exact) mass is 325 g/mol. The molecule has 114 valence electrons. The van der Waals surface area contributed by atoms with Gasteiger partial charge in [0.15, 0.2) is 5.78 Å². The van der Waals surface area contributed by atoms with Crippen molar-refractivity contribution < 1.29 is 9.59 Å². The van der Waals surface area contributed by atoms with Crippen molar-refractivity contribution in [3.05, 3.63) is 34.3 Å². The van der Waals surface area contributed by atoms with E-state index in [1.165, 1.54) is 11.8 Å². The standard InChI is InChI=1S/C16H20ClNO2S/c1-11-8-13(17)5-6-14(11)16(20)12-4-3-7-18(9-12)15(19)10-21-2/h5-6,8,12H,3-4,7,9-10H2,1-2H3. The zero-order chi connectivity index (χ0) is 15.4. The summed E-state index contributed by atoms with van der Waals surface area (Å²) < 4.78 is 0. The molecule has 0 spiro atoms. The fourth-order valence-electron chi connectivity index (χ4n) is 2.76.